The van der Waals surface area contributed by atoms with Crippen molar-refractivity contribution in [1.29, 1.82) is 0 Å². The van der Waals surface area contributed by atoms with Gasteiger partial charge in [0, 0.05) is 6.61 Å². The molecule has 5 nitrogen and oxygen atoms in total. The van der Waals surface area contributed by atoms with E-state index in [0.29, 0.717) is 13.0 Å². The van der Waals surface area contributed by atoms with Crippen LogP contribution in [0.4, 0.5) is 13.2 Å². The summed E-state index contributed by atoms with van der Waals surface area (Å²) in [6.45, 7) is 0.450. The van der Waals surface area contributed by atoms with Crippen molar-refractivity contribution in [2.45, 2.75) is 38.1 Å². The van der Waals surface area contributed by atoms with E-state index >= 15 is 0 Å². The van der Waals surface area contributed by atoms with Gasteiger partial charge in [-0.25, -0.2) is 4.79 Å². The van der Waals surface area contributed by atoms with Crippen molar-refractivity contribution in [2.75, 3.05) is 6.61 Å². The second-order valence-corrected chi connectivity index (χ2v) is 4.86. The minimum atomic E-state index is -4.79. The summed E-state index contributed by atoms with van der Waals surface area (Å²) in [6.07, 6.45) is -2.72. The van der Waals surface area contributed by atoms with Crippen LogP contribution in [-0.2, 0) is 17.5 Å². The lowest BCUT2D eigenvalue weighted by molar-refractivity contribution is -0.141. The number of rotatable bonds is 3. The number of carboxylic acid groups (broad SMARTS) is 1. The number of alkyl halides is 3. The predicted molar refractivity (Wildman–Crippen MR) is 62.8 cm³/mol. The quantitative estimate of drug-likeness (QED) is 0.932. The monoisotopic (exact) mass is 312 g/mol. The fourth-order valence-electron chi connectivity index (χ4n) is 2.10. The van der Waals surface area contributed by atoms with E-state index < -0.39 is 28.6 Å². The van der Waals surface area contributed by atoms with Crippen molar-refractivity contribution in [2.24, 2.45) is 0 Å². The molecule has 1 saturated heterocycles. The van der Waals surface area contributed by atoms with Gasteiger partial charge in [-0.15, -0.1) is 0 Å². The van der Waals surface area contributed by atoms with Gasteiger partial charge < -0.3 is 9.84 Å². The van der Waals surface area contributed by atoms with Crippen molar-refractivity contribution in [3.63, 3.8) is 0 Å². The van der Waals surface area contributed by atoms with Crippen LogP contribution < -0.4 is 0 Å². The third kappa shape index (κ3) is 3.06. The highest BCUT2D eigenvalue weighted by Crippen LogP contribution is 2.35. The van der Waals surface area contributed by atoms with E-state index in [1.807, 2.05) is 0 Å². The molecule has 0 aliphatic carbocycles. The number of aromatic nitrogens is 2. The first-order valence-electron chi connectivity index (χ1n) is 5.99. The lowest BCUT2D eigenvalue weighted by atomic mass is 10.1. The maximum Gasteiger partial charge on any atom is 0.436 e. The molecule has 0 aromatic carbocycles. The van der Waals surface area contributed by atoms with Crippen LogP contribution in [0.3, 0.4) is 0 Å². The Bertz CT molecular complexity index is 510. The smallest absolute Gasteiger partial charge is 0.436 e. The van der Waals surface area contributed by atoms with Gasteiger partial charge in [-0.3, -0.25) is 4.68 Å². The predicted octanol–water partition coefficient (Wildman–Crippen LogP) is 2.82. The Hall–Kier alpha value is -1.28. The number of hydrogen-bond donors (Lipinski definition) is 1. The highest BCUT2D eigenvalue weighted by molar-refractivity contribution is 6.34. The zero-order valence-electron chi connectivity index (χ0n) is 10.3. The summed E-state index contributed by atoms with van der Waals surface area (Å²) in [6, 6.07) is 0. The summed E-state index contributed by atoms with van der Waals surface area (Å²) >= 11 is 5.50. The van der Waals surface area contributed by atoms with E-state index in [2.05, 4.69) is 5.10 Å². The van der Waals surface area contributed by atoms with E-state index in [4.69, 9.17) is 21.4 Å². The average molecular weight is 313 g/mol. The Morgan fingerprint density at radius 2 is 2.20 bits per heavy atom. The van der Waals surface area contributed by atoms with Crippen molar-refractivity contribution >= 4 is 17.6 Å². The Morgan fingerprint density at radius 1 is 1.50 bits per heavy atom. The molecule has 1 fully saturated rings. The third-order valence-electron chi connectivity index (χ3n) is 3.02. The minimum Gasteiger partial charge on any atom is -0.476 e. The third-order valence-corrected chi connectivity index (χ3v) is 3.37. The number of carbonyl (C=O) groups is 1. The van der Waals surface area contributed by atoms with Crippen LogP contribution in [0.2, 0.25) is 5.02 Å². The summed E-state index contributed by atoms with van der Waals surface area (Å²) in [5.41, 5.74) is -2.04. The lowest BCUT2D eigenvalue weighted by Gasteiger charge is -2.22. The SMILES string of the molecule is O=C(O)c1c(Cl)c(C(F)(F)F)nn1CC1CCCCO1. The lowest BCUT2D eigenvalue weighted by Crippen LogP contribution is -2.26. The van der Waals surface area contributed by atoms with E-state index in [1.54, 1.807) is 0 Å². The molecule has 1 unspecified atom stereocenters. The van der Waals surface area contributed by atoms with Gasteiger partial charge in [0.15, 0.2) is 11.4 Å². The first-order valence-corrected chi connectivity index (χ1v) is 6.37. The van der Waals surface area contributed by atoms with E-state index in [9.17, 15) is 18.0 Å². The van der Waals surface area contributed by atoms with Crippen LogP contribution in [0.1, 0.15) is 35.4 Å². The van der Waals surface area contributed by atoms with Gasteiger partial charge in [-0.1, -0.05) is 11.6 Å². The van der Waals surface area contributed by atoms with Crippen molar-refractivity contribution in [3.05, 3.63) is 16.4 Å². The molecule has 112 valence electrons. The van der Waals surface area contributed by atoms with Gasteiger partial charge in [0.2, 0.25) is 0 Å². The average Bonchev–Trinajstić information content (AvgIpc) is 2.67. The van der Waals surface area contributed by atoms with Crippen molar-refractivity contribution in [3.8, 4) is 0 Å². The molecule has 1 aromatic heterocycles. The summed E-state index contributed by atoms with van der Waals surface area (Å²) in [5, 5.41) is 11.4. The molecule has 1 aliphatic heterocycles. The Morgan fingerprint density at radius 3 is 2.70 bits per heavy atom. The standard InChI is InChI=1S/C11H12ClF3N2O3/c12-7-8(10(18)19)17(16-9(7)11(13,14)15)5-6-3-1-2-4-20-6/h6H,1-5H2,(H,18,19). The fourth-order valence-corrected chi connectivity index (χ4v) is 2.43. The molecule has 9 heteroatoms. The van der Waals surface area contributed by atoms with Gasteiger partial charge >= 0.3 is 12.1 Å². The maximum absolute atomic E-state index is 12.7. The molecule has 2 heterocycles. The number of halogens is 4. The van der Waals surface area contributed by atoms with Crippen LogP contribution >= 0.6 is 11.6 Å². The molecular formula is C11H12ClF3N2O3. The first-order chi connectivity index (χ1) is 9.30. The summed E-state index contributed by atoms with van der Waals surface area (Å²) < 4.78 is 44.2. The number of hydrogen-bond acceptors (Lipinski definition) is 3. The van der Waals surface area contributed by atoms with Gasteiger partial charge in [-0.05, 0) is 19.3 Å². The topological polar surface area (TPSA) is 64.3 Å². The highest BCUT2D eigenvalue weighted by atomic mass is 35.5. The van der Waals surface area contributed by atoms with Crippen molar-refractivity contribution in [1.82, 2.24) is 9.78 Å². The maximum atomic E-state index is 12.7. The highest BCUT2D eigenvalue weighted by Gasteiger charge is 2.40. The molecular weight excluding hydrogens is 301 g/mol. The van der Waals surface area contributed by atoms with Gasteiger partial charge in [0.05, 0.1) is 12.6 Å². The summed E-state index contributed by atoms with van der Waals surface area (Å²) in [7, 11) is 0. The van der Waals surface area contributed by atoms with Gasteiger partial charge in [0.1, 0.15) is 5.02 Å². The van der Waals surface area contributed by atoms with Crippen LogP contribution in [0, 0.1) is 0 Å². The molecule has 0 spiro atoms. The first kappa shape index (κ1) is 15.1. The summed E-state index contributed by atoms with van der Waals surface area (Å²) in [5.74, 6) is -1.55. The zero-order valence-corrected chi connectivity index (χ0v) is 11.0. The van der Waals surface area contributed by atoms with Crippen LogP contribution in [0.5, 0.6) is 0 Å². The zero-order chi connectivity index (χ0) is 14.9. The molecule has 1 N–H and O–H groups in total. The van der Waals surface area contributed by atoms with Crippen LogP contribution in [0.15, 0.2) is 0 Å². The Balaban J connectivity index is 2.33. The molecule has 0 saturated carbocycles. The fraction of sp³-hybridized carbons (Fsp3) is 0.636. The second-order valence-electron chi connectivity index (χ2n) is 4.48. The summed E-state index contributed by atoms with van der Waals surface area (Å²) in [4.78, 5) is 11.1. The van der Waals surface area contributed by atoms with E-state index in [1.165, 1.54) is 0 Å². The molecule has 1 aliphatic rings. The normalized spacial score (nSPS) is 20.1. The van der Waals surface area contributed by atoms with Gasteiger partial charge in [-0.2, -0.15) is 18.3 Å². The Kier molecular flexibility index (Phi) is 4.24. The Labute approximate surface area is 117 Å². The largest absolute Gasteiger partial charge is 0.476 e. The van der Waals surface area contributed by atoms with Gasteiger partial charge in [0.25, 0.3) is 0 Å². The van der Waals surface area contributed by atoms with Crippen LogP contribution in [0.25, 0.3) is 0 Å². The molecule has 0 radical (unpaired) electrons. The second kappa shape index (κ2) is 5.61. The molecule has 0 amide bonds. The van der Waals surface area contributed by atoms with E-state index in [0.717, 1.165) is 17.5 Å². The van der Waals surface area contributed by atoms with Crippen molar-refractivity contribution < 1.29 is 27.8 Å². The molecule has 20 heavy (non-hydrogen) atoms. The number of nitrogens with zero attached hydrogens (tertiary/aromatic N) is 2. The molecule has 0 bridgehead atoms. The number of ether oxygens (including phenoxy) is 1. The minimum absolute atomic E-state index is 0.0581. The van der Waals surface area contributed by atoms with Crippen LogP contribution in [-0.4, -0.2) is 33.6 Å². The molecule has 1 aromatic rings. The number of carboxylic acids is 1. The number of aromatic carboxylic acids is 1. The molecule has 2 rings (SSSR count). The molecule has 1 atom stereocenters. The van der Waals surface area contributed by atoms with E-state index in [-0.39, 0.29) is 12.6 Å².